The molecule has 0 saturated heterocycles. The summed E-state index contributed by atoms with van der Waals surface area (Å²) in [5.41, 5.74) is 1.24. The third kappa shape index (κ3) is 6.50. The average Bonchev–Trinajstić information content (AvgIpc) is 3.37. The fraction of sp³-hybridized carbons (Fsp3) is 0.800. The molecule has 6 rings (SSSR count). The Labute approximate surface area is 272 Å². The van der Waals surface area contributed by atoms with Gasteiger partial charge in [-0.05, 0) is 154 Å². The smallest absolute Gasteiger partial charge is 0.303 e. The molecule has 10 atom stereocenters. The fourth-order valence-electron chi connectivity index (χ4n) is 12.3. The number of aliphatic hydroxyl groups is 1. The Morgan fingerprint density at radius 3 is 2.33 bits per heavy atom. The largest absolute Gasteiger partial charge is 0.481 e. The Morgan fingerprint density at radius 2 is 1.64 bits per heavy atom. The molecule has 45 heavy (non-hydrogen) atoms. The van der Waals surface area contributed by atoms with E-state index in [0.717, 1.165) is 70.1 Å². The molecule has 250 valence electrons. The third-order valence-corrected chi connectivity index (χ3v) is 14.8. The van der Waals surface area contributed by atoms with Crippen molar-refractivity contribution < 1.29 is 24.5 Å². The fourth-order valence-corrected chi connectivity index (χ4v) is 12.3. The highest BCUT2D eigenvalue weighted by Gasteiger charge is 2.64. The Balaban J connectivity index is 1.12. The molecule has 2 N–H and O–H groups in total. The molecule has 0 amide bonds. The standard InChI is InChI=1S/C40H60O5/c1-26(10-17-36(42)43)32-15-16-33-37-34(19-20-39(32,33)4)38(3)22-23-40(44,25-31(38)24-35(37)45-27(2)41)21-18-28-11-13-30(14-12-28)29-8-6-5-7-9-29/h5-9,26,28,30-35,37,44H,10-25H2,1-4H3,(H,42,43)/t26-,28?,30?,31-,32-,33+,34+,35-,37+,38+,39-,40-/m1/s1. The Morgan fingerprint density at radius 1 is 0.933 bits per heavy atom. The average molecular weight is 621 g/mol. The number of benzene rings is 1. The lowest BCUT2D eigenvalue weighted by Crippen LogP contribution is -2.60. The Kier molecular flexibility index (Phi) is 9.52. The first-order chi connectivity index (χ1) is 21.4. The summed E-state index contributed by atoms with van der Waals surface area (Å²) in [5, 5.41) is 21.4. The number of esters is 1. The van der Waals surface area contributed by atoms with Gasteiger partial charge in [-0.25, -0.2) is 0 Å². The van der Waals surface area contributed by atoms with Crippen LogP contribution >= 0.6 is 0 Å². The quantitative estimate of drug-likeness (QED) is 0.269. The van der Waals surface area contributed by atoms with Crippen molar-refractivity contribution in [2.75, 3.05) is 0 Å². The molecule has 5 fully saturated rings. The van der Waals surface area contributed by atoms with Gasteiger partial charge in [0.05, 0.1) is 5.60 Å². The lowest BCUT2D eigenvalue weighted by atomic mass is 9.42. The third-order valence-electron chi connectivity index (χ3n) is 14.8. The molecule has 5 aliphatic rings. The summed E-state index contributed by atoms with van der Waals surface area (Å²) in [7, 11) is 0. The second kappa shape index (κ2) is 13.0. The van der Waals surface area contributed by atoms with E-state index in [1.807, 2.05) is 0 Å². The Hall–Kier alpha value is -1.88. The van der Waals surface area contributed by atoms with Gasteiger partial charge in [-0.1, -0.05) is 51.1 Å². The molecule has 0 aliphatic heterocycles. The van der Waals surface area contributed by atoms with Gasteiger partial charge in [-0.3, -0.25) is 9.59 Å². The first-order valence-electron chi connectivity index (χ1n) is 18.6. The molecule has 5 heteroatoms. The molecule has 0 aromatic heterocycles. The number of ether oxygens (including phenoxy) is 1. The number of rotatable bonds is 9. The number of carboxylic acid groups (broad SMARTS) is 1. The molecule has 0 heterocycles. The maximum absolute atomic E-state index is 12.5. The van der Waals surface area contributed by atoms with E-state index in [4.69, 9.17) is 4.74 Å². The number of hydrogen-bond donors (Lipinski definition) is 2. The molecule has 0 bridgehead atoms. The minimum atomic E-state index is -0.695. The molecule has 5 aliphatic carbocycles. The van der Waals surface area contributed by atoms with Crippen molar-refractivity contribution in [1.82, 2.24) is 0 Å². The first kappa shape index (κ1) is 33.0. The molecule has 0 radical (unpaired) electrons. The molecular weight excluding hydrogens is 560 g/mol. The highest BCUT2D eigenvalue weighted by molar-refractivity contribution is 5.66. The van der Waals surface area contributed by atoms with E-state index in [1.54, 1.807) is 6.92 Å². The number of hydrogen-bond acceptors (Lipinski definition) is 4. The van der Waals surface area contributed by atoms with Gasteiger partial charge in [0, 0.05) is 19.3 Å². The van der Waals surface area contributed by atoms with Gasteiger partial charge >= 0.3 is 11.9 Å². The lowest BCUT2D eigenvalue weighted by Gasteiger charge is -2.63. The summed E-state index contributed by atoms with van der Waals surface area (Å²) in [5.74, 6) is 3.26. The zero-order valence-corrected chi connectivity index (χ0v) is 28.5. The second-order valence-electron chi connectivity index (χ2n) is 17.1. The first-order valence-corrected chi connectivity index (χ1v) is 18.6. The van der Waals surface area contributed by atoms with Gasteiger partial charge in [-0.15, -0.1) is 0 Å². The van der Waals surface area contributed by atoms with Crippen LogP contribution in [0.2, 0.25) is 0 Å². The molecule has 0 spiro atoms. The summed E-state index contributed by atoms with van der Waals surface area (Å²) < 4.78 is 6.25. The minimum absolute atomic E-state index is 0.0705. The highest BCUT2D eigenvalue weighted by atomic mass is 16.5. The highest BCUT2D eigenvalue weighted by Crippen LogP contribution is 2.69. The Bertz CT molecular complexity index is 1190. The van der Waals surface area contributed by atoms with Crippen molar-refractivity contribution in [2.24, 2.45) is 52.3 Å². The maximum atomic E-state index is 12.5. The van der Waals surface area contributed by atoms with E-state index in [9.17, 15) is 19.8 Å². The van der Waals surface area contributed by atoms with Gasteiger partial charge in [0.25, 0.3) is 0 Å². The summed E-state index contributed by atoms with van der Waals surface area (Å²) >= 11 is 0. The van der Waals surface area contributed by atoms with Gasteiger partial charge in [0.1, 0.15) is 6.10 Å². The van der Waals surface area contributed by atoms with Crippen molar-refractivity contribution in [3.63, 3.8) is 0 Å². The van der Waals surface area contributed by atoms with E-state index in [2.05, 4.69) is 51.1 Å². The predicted octanol–water partition coefficient (Wildman–Crippen LogP) is 9.17. The van der Waals surface area contributed by atoms with Crippen LogP contribution in [0.25, 0.3) is 0 Å². The molecule has 1 aromatic carbocycles. The van der Waals surface area contributed by atoms with Gasteiger partial charge in [0.2, 0.25) is 0 Å². The normalized spacial score (nSPS) is 43.4. The number of carboxylic acids is 1. The van der Waals surface area contributed by atoms with Crippen LogP contribution in [0, 0.1) is 52.3 Å². The monoisotopic (exact) mass is 620 g/mol. The zero-order valence-electron chi connectivity index (χ0n) is 28.5. The number of fused-ring (bicyclic) bond motifs is 5. The summed E-state index contributed by atoms with van der Waals surface area (Å²) in [4.78, 5) is 23.9. The number of carbonyl (C=O) groups excluding carboxylic acids is 1. The van der Waals surface area contributed by atoms with E-state index < -0.39 is 11.6 Å². The van der Waals surface area contributed by atoms with Crippen LogP contribution in [0.3, 0.4) is 0 Å². The molecule has 0 unspecified atom stereocenters. The summed E-state index contributed by atoms with van der Waals surface area (Å²) in [6.07, 6.45) is 16.4. The van der Waals surface area contributed by atoms with Crippen LogP contribution in [0.5, 0.6) is 0 Å². The van der Waals surface area contributed by atoms with Crippen LogP contribution in [0.4, 0.5) is 0 Å². The summed E-state index contributed by atoms with van der Waals surface area (Å²) in [6, 6.07) is 11.0. The van der Waals surface area contributed by atoms with Crippen LogP contribution in [-0.2, 0) is 14.3 Å². The molecular formula is C40H60O5. The van der Waals surface area contributed by atoms with Crippen molar-refractivity contribution in [2.45, 2.75) is 148 Å². The van der Waals surface area contributed by atoms with Gasteiger partial charge in [0.15, 0.2) is 0 Å². The topological polar surface area (TPSA) is 83.8 Å². The van der Waals surface area contributed by atoms with E-state index in [0.29, 0.717) is 41.4 Å². The lowest BCUT2D eigenvalue weighted by molar-refractivity contribution is -0.203. The van der Waals surface area contributed by atoms with Crippen molar-refractivity contribution in [3.05, 3.63) is 35.9 Å². The maximum Gasteiger partial charge on any atom is 0.303 e. The molecule has 5 nitrogen and oxygen atoms in total. The second-order valence-corrected chi connectivity index (χ2v) is 17.1. The van der Waals surface area contributed by atoms with Crippen LogP contribution in [0.15, 0.2) is 30.3 Å². The van der Waals surface area contributed by atoms with E-state index in [-0.39, 0.29) is 29.3 Å². The summed E-state index contributed by atoms with van der Waals surface area (Å²) in [6.45, 7) is 8.84. The van der Waals surface area contributed by atoms with Crippen molar-refractivity contribution >= 4 is 11.9 Å². The van der Waals surface area contributed by atoms with Crippen LogP contribution < -0.4 is 0 Å². The molecule has 1 aromatic rings. The van der Waals surface area contributed by atoms with E-state index in [1.165, 1.54) is 37.7 Å². The van der Waals surface area contributed by atoms with Crippen molar-refractivity contribution in [3.8, 4) is 0 Å². The minimum Gasteiger partial charge on any atom is -0.481 e. The number of aliphatic carboxylic acids is 1. The van der Waals surface area contributed by atoms with Gasteiger partial charge < -0.3 is 14.9 Å². The zero-order chi connectivity index (χ0) is 32.0. The SMILES string of the molecule is CC(=O)O[C@@H]1C[C@@H]2C[C@@](O)(CCC3CCC(c4ccccc4)CC3)CC[C@]2(C)[C@H]2CC[C@]3(C)[C@@H]([C@H](C)CCC(=O)O)CC[C@H]3[C@H]12. The van der Waals surface area contributed by atoms with Crippen LogP contribution in [-0.4, -0.2) is 33.9 Å². The van der Waals surface area contributed by atoms with Gasteiger partial charge in [-0.2, -0.15) is 0 Å². The molecule has 5 saturated carbocycles. The van der Waals surface area contributed by atoms with E-state index >= 15 is 0 Å². The van der Waals surface area contributed by atoms with Crippen molar-refractivity contribution in [1.29, 1.82) is 0 Å². The number of carbonyl (C=O) groups is 2. The van der Waals surface area contributed by atoms with Crippen LogP contribution in [0.1, 0.15) is 142 Å². The predicted molar refractivity (Wildman–Crippen MR) is 178 cm³/mol.